The Kier molecular flexibility index (Phi) is 5.21. The SMILES string of the molecule is COC(=O)c1ccc(OC(=O)c2cc(=O)[nH]c3ccccc23)c(C(=O)OC)c1. The predicted octanol–water partition coefficient (Wildman–Crippen LogP) is 2.32. The van der Waals surface area contributed by atoms with Crippen LogP contribution < -0.4 is 10.3 Å². The number of hydrogen-bond acceptors (Lipinski definition) is 7. The monoisotopic (exact) mass is 381 g/mol. The van der Waals surface area contributed by atoms with Crippen LogP contribution in [0, 0.1) is 0 Å². The Morgan fingerprint density at radius 3 is 2.25 bits per heavy atom. The lowest BCUT2D eigenvalue weighted by molar-refractivity contribution is 0.0593. The van der Waals surface area contributed by atoms with Crippen molar-refractivity contribution < 1.29 is 28.6 Å². The molecule has 1 aromatic heterocycles. The zero-order valence-corrected chi connectivity index (χ0v) is 15.0. The first-order valence-electron chi connectivity index (χ1n) is 8.09. The van der Waals surface area contributed by atoms with Crippen LogP contribution in [0.2, 0.25) is 0 Å². The van der Waals surface area contributed by atoms with E-state index < -0.39 is 23.5 Å². The Morgan fingerprint density at radius 2 is 1.54 bits per heavy atom. The zero-order valence-electron chi connectivity index (χ0n) is 15.0. The summed E-state index contributed by atoms with van der Waals surface area (Å²) in [4.78, 5) is 50.9. The summed E-state index contributed by atoms with van der Waals surface area (Å²) < 4.78 is 14.6. The Balaban J connectivity index is 2.04. The summed E-state index contributed by atoms with van der Waals surface area (Å²) in [5, 5.41) is 0.484. The van der Waals surface area contributed by atoms with Crippen molar-refractivity contribution in [2.45, 2.75) is 0 Å². The number of nitrogens with one attached hydrogen (secondary N) is 1. The molecule has 0 aliphatic heterocycles. The number of H-pyrrole nitrogens is 1. The van der Waals surface area contributed by atoms with E-state index in [9.17, 15) is 19.2 Å². The van der Waals surface area contributed by atoms with Gasteiger partial charge in [-0.1, -0.05) is 18.2 Å². The molecule has 0 radical (unpaired) electrons. The van der Waals surface area contributed by atoms with Crippen molar-refractivity contribution in [2.24, 2.45) is 0 Å². The lowest BCUT2D eigenvalue weighted by Gasteiger charge is -2.11. The van der Waals surface area contributed by atoms with Crippen molar-refractivity contribution in [1.29, 1.82) is 0 Å². The summed E-state index contributed by atoms with van der Waals surface area (Å²) in [6, 6.07) is 11.7. The van der Waals surface area contributed by atoms with Gasteiger partial charge in [-0.2, -0.15) is 0 Å². The van der Waals surface area contributed by atoms with Crippen LogP contribution >= 0.6 is 0 Å². The van der Waals surface area contributed by atoms with Gasteiger partial charge in [-0.15, -0.1) is 0 Å². The Bertz CT molecular complexity index is 1150. The largest absolute Gasteiger partial charge is 0.465 e. The fourth-order valence-corrected chi connectivity index (χ4v) is 2.66. The molecule has 3 aromatic rings. The van der Waals surface area contributed by atoms with E-state index in [-0.39, 0.29) is 22.4 Å². The molecule has 0 saturated carbocycles. The van der Waals surface area contributed by atoms with E-state index in [0.717, 1.165) is 13.2 Å². The molecule has 8 nitrogen and oxygen atoms in total. The number of carbonyl (C=O) groups is 3. The molecule has 0 spiro atoms. The van der Waals surface area contributed by atoms with Crippen LogP contribution in [0.1, 0.15) is 31.1 Å². The lowest BCUT2D eigenvalue weighted by atomic mass is 10.1. The second-order valence-corrected chi connectivity index (χ2v) is 5.68. The van der Waals surface area contributed by atoms with E-state index in [1.807, 2.05) is 0 Å². The number of esters is 3. The Morgan fingerprint density at radius 1 is 0.821 bits per heavy atom. The fraction of sp³-hybridized carbons (Fsp3) is 0.100. The minimum absolute atomic E-state index is 0.0345. The van der Waals surface area contributed by atoms with Gasteiger partial charge in [0.05, 0.1) is 25.3 Å². The third-order valence-corrected chi connectivity index (χ3v) is 3.98. The summed E-state index contributed by atoms with van der Waals surface area (Å²) >= 11 is 0. The maximum atomic E-state index is 12.7. The van der Waals surface area contributed by atoms with Gasteiger partial charge >= 0.3 is 17.9 Å². The summed E-state index contributed by atoms with van der Waals surface area (Å²) in [6.45, 7) is 0. The maximum absolute atomic E-state index is 12.7. The molecule has 0 amide bonds. The summed E-state index contributed by atoms with van der Waals surface area (Å²) in [7, 11) is 2.36. The van der Waals surface area contributed by atoms with E-state index in [0.29, 0.717) is 10.9 Å². The molecule has 142 valence electrons. The third kappa shape index (κ3) is 3.61. The second kappa shape index (κ2) is 7.75. The number of fused-ring (bicyclic) bond motifs is 1. The quantitative estimate of drug-likeness (QED) is 0.545. The molecule has 0 unspecified atom stereocenters. The highest BCUT2D eigenvalue weighted by Gasteiger charge is 2.21. The number of aromatic amines is 1. The van der Waals surface area contributed by atoms with Gasteiger partial charge in [0.1, 0.15) is 11.3 Å². The van der Waals surface area contributed by atoms with Crippen molar-refractivity contribution in [2.75, 3.05) is 14.2 Å². The van der Waals surface area contributed by atoms with E-state index in [2.05, 4.69) is 14.5 Å². The van der Waals surface area contributed by atoms with Crippen LogP contribution in [-0.4, -0.2) is 37.1 Å². The number of ether oxygens (including phenoxy) is 3. The molecule has 0 fully saturated rings. The first-order valence-corrected chi connectivity index (χ1v) is 8.09. The number of aromatic nitrogens is 1. The molecule has 1 heterocycles. The molecule has 0 aliphatic carbocycles. The van der Waals surface area contributed by atoms with Gasteiger partial charge < -0.3 is 19.2 Å². The second-order valence-electron chi connectivity index (χ2n) is 5.68. The highest BCUT2D eigenvalue weighted by atomic mass is 16.5. The van der Waals surface area contributed by atoms with Gasteiger partial charge in [-0.05, 0) is 24.3 Å². The Hall–Kier alpha value is -3.94. The molecule has 8 heteroatoms. The maximum Gasteiger partial charge on any atom is 0.344 e. The number of methoxy groups -OCH3 is 2. The molecule has 3 rings (SSSR count). The Labute approximate surface area is 158 Å². The topological polar surface area (TPSA) is 112 Å². The van der Waals surface area contributed by atoms with Crippen LogP contribution in [0.25, 0.3) is 10.9 Å². The molecule has 1 N–H and O–H groups in total. The average Bonchev–Trinajstić information content (AvgIpc) is 2.72. The highest BCUT2D eigenvalue weighted by Crippen LogP contribution is 2.24. The van der Waals surface area contributed by atoms with Gasteiger partial charge in [-0.3, -0.25) is 4.79 Å². The first-order chi connectivity index (χ1) is 13.4. The van der Waals surface area contributed by atoms with Crippen LogP contribution in [0.15, 0.2) is 53.3 Å². The molecule has 28 heavy (non-hydrogen) atoms. The van der Waals surface area contributed by atoms with E-state index in [1.54, 1.807) is 24.3 Å². The number of carbonyl (C=O) groups excluding carboxylic acids is 3. The summed E-state index contributed by atoms with van der Waals surface area (Å²) in [6.07, 6.45) is 0. The average molecular weight is 381 g/mol. The van der Waals surface area contributed by atoms with Crippen LogP contribution in [0.4, 0.5) is 0 Å². The number of pyridine rings is 1. The van der Waals surface area contributed by atoms with E-state index in [4.69, 9.17) is 4.74 Å². The fourth-order valence-electron chi connectivity index (χ4n) is 2.66. The molecular weight excluding hydrogens is 366 g/mol. The normalized spacial score (nSPS) is 10.4. The van der Waals surface area contributed by atoms with Crippen molar-refractivity contribution in [3.05, 3.63) is 75.6 Å². The molecular formula is C20H15NO7. The number of hydrogen-bond donors (Lipinski definition) is 1. The van der Waals surface area contributed by atoms with Crippen LogP contribution in [0.3, 0.4) is 0 Å². The molecule has 0 saturated heterocycles. The standard InChI is InChI=1S/C20H15NO7/c1-26-18(23)11-7-8-16(14(9-11)19(24)27-2)28-20(25)13-10-17(22)21-15-6-4-3-5-12(13)15/h3-10H,1-2H3,(H,21,22). The third-order valence-electron chi connectivity index (χ3n) is 3.98. The van der Waals surface area contributed by atoms with Gasteiger partial charge in [0.15, 0.2) is 0 Å². The zero-order chi connectivity index (χ0) is 20.3. The molecule has 0 aliphatic rings. The molecule has 0 bridgehead atoms. The minimum atomic E-state index is -0.835. The van der Waals surface area contributed by atoms with Crippen LogP contribution in [-0.2, 0) is 9.47 Å². The van der Waals surface area contributed by atoms with Gasteiger partial charge in [-0.25, -0.2) is 14.4 Å². The highest BCUT2D eigenvalue weighted by molar-refractivity contribution is 6.05. The smallest absolute Gasteiger partial charge is 0.344 e. The van der Waals surface area contributed by atoms with Crippen molar-refractivity contribution in [3.63, 3.8) is 0 Å². The number of rotatable bonds is 4. The van der Waals surface area contributed by atoms with E-state index in [1.165, 1.54) is 25.3 Å². The van der Waals surface area contributed by atoms with Gasteiger partial charge in [0, 0.05) is 17.0 Å². The van der Waals surface area contributed by atoms with Crippen molar-refractivity contribution in [1.82, 2.24) is 4.98 Å². The summed E-state index contributed by atoms with van der Waals surface area (Å²) in [5.74, 6) is -2.42. The number of benzene rings is 2. The predicted molar refractivity (Wildman–Crippen MR) is 98.6 cm³/mol. The first kappa shape index (κ1) is 18.8. The van der Waals surface area contributed by atoms with Crippen LogP contribution in [0.5, 0.6) is 5.75 Å². The molecule has 2 aromatic carbocycles. The minimum Gasteiger partial charge on any atom is -0.465 e. The van der Waals surface area contributed by atoms with Gasteiger partial charge in [0.25, 0.3) is 0 Å². The van der Waals surface area contributed by atoms with Crippen molar-refractivity contribution in [3.8, 4) is 5.75 Å². The molecule has 0 atom stereocenters. The summed E-state index contributed by atoms with van der Waals surface area (Å²) in [5.41, 5.74) is -0.0135. The van der Waals surface area contributed by atoms with Crippen molar-refractivity contribution >= 4 is 28.8 Å². The van der Waals surface area contributed by atoms with E-state index >= 15 is 0 Å². The lowest BCUT2D eigenvalue weighted by Crippen LogP contribution is -2.17. The number of para-hydroxylation sites is 1. The van der Waals surface area contributed by atoms with Gasteiger partial charge in [0.2, 0.25) is 5.56 Å².